The largest absolute Gasteiger partial charge is 0.475 e. The number of hydrogen-bond donors (Lipinski definition) is 0. The molecule has 0 aromatic rings. The molecule has 0 aliphatic carbocycles. The van der Waals surface area contributed by atoms with Crippen LogP contribution >= 0.6 is 7.82 Å². The standard InChI is InChI=1S/C46H93NO8P/c1-7-10-12-14-16-18-20-22-24-26-28-30-32-34-36-38-45(48)51-42-44(43-54-56(50,52-9-3)53-41-40-47(4,5)6)55-46(49)39-37-35-33-31-29-27-25-23-21-19-17-15-13-11-8-2/h44H,7-43H2,1-6H3/q+1/t44-,56?/m1/s1. The zero-order valence-corrected chi connectivity index (χ0v) is 38.8. The average Bonchev–Trinajstić information content (AvgIpc) is 3.15. The number of carbonyl (C=O) groups is 2. The predicted octanol–water partition coefficient (Wildman–Crippen LogP) is 13.8. The van der Waals surface area contributed by atoms with Crippen molar-refractivity contribution in [3.63, 3.8) is 0 Å². The summed E-state index contributed by atoms with van der Waals surface area (Å²) in [7, 11) is 2.14. The molecule has 0 fully saturated rings. The van der Waals surface area contributed by atoms with Crippen LogP contribution in [-0.4, -0.2) is 76.6 Å². The molecule has 1 unspecified atom stereocenters. The lowest BCUT2D eigenvalue weighted by molar-refractivity contribution is -0.870. The molecule has 56 heavy (non-hydrogen) atoms. The number of nitrogens with zero attached hydrogens (tertiary/aromatic N) is 1. The van der Waals surface area contributed by atoms with E-state index in [0.29, 0.717) is 17.4 Å². The summed E-state index contributed by atoms with van der Waals surface area (Å²) in [4.78, 5) is 25.5. The maximum Gasteiger partial charge on any atom is 0.475 e. The van der Waals surface area contributed by atoms with Crippen molar-refractivity contribution in [2.75, 3.05) is 54.1 Å². The van der Waals surface area contributed by atoms with E-state index in [9.17, 15) is 14.2 Å². The number of hydrogen-bond acceptors (Lipinski definition) is 8. The smallest absolute Gasteiger partial charge is 0.462 e. The third kappa shape index (κ3) is 39.8. The van der Waals surface area contributed by atoms with Crippen molar-refractivity contribution < 1.29 is 41.7 Å². The molecular formula is C46H93NO8P+. The van der Waals surface area contributed by atoms with Crippen LogP contribution in [0.25, 0.3) is 0 Å². The van der Waals surface area contributed by atoms with Gasteiger partial charge in [0.25, 0.3) is 0 Å². The molecule has 334 valence electrons. The van der Waals surface area contributed by atoms with Gasteiger partial charge in [-0.2, -0.15) is 0 Å². The molecule has 0 spiro atoms. The zero-order chi connectivity index (χ0) is 41.4. The Labute approximate surface area is 347 Å². The van der Waals surface area contributed by atoms with Gasteiger partial charge >= 0.3 is 19.8 Å². The Morgan fingerprint density at radius 3 is 1.18 bits per heavy atom. The summed E-state index contributed by atoms with van der Waals surface area (Å²) < 4.78 is 41.8. The molecule has 0 saturated carbocycles. The third-order valence-corrected chi connectivity index (χ3v) is 12.0. The fourth-order valence-electron chi connectivity index (χ4n) is 6.77. The maximum atomic E-state index is 13.3. The molecule has 0 rings (SSSR count). The Bertz CT molecular complexity index is 927. The van der Waals surface area contributed by atoms with Crippen molar-refractivity contribution in [3.05, 3.63) is 0 Å². The zero-order valence-electron chi connectivity index (χ0n) is 37.9. The fourth-order valence-corrected chi connectivity index (χ4v) is 7.97. The van der Waals surface area contributed by atoms with Gasteiger partial charge in [0.05, 0.1) is 34.4 Å². The minimum atomic E-state index is -3.89. The van der Waals surface area contributed by atoms with E-state index in [2.05, 4.69) is 13.8 Å². The molecule has 0 bridgehead atoms. The summed E-state index contributed by atoms with van der Waals surface area (Å²) in [6.07, 6.45) is 37.5. The van der Waals surface area contributed by atoms with Crippen LogP contribution in [0.5, 0.6) is 0 Å². The van der Waals surface area contributed by atoms with Crippen LogP contribution in [0.3, 0.4) is 0 Å². The molecule has 0 aliphatic heterocycles. The van der Waals surface area contributed by atoms with E-state index < -0.39 is 13.9 Å². The summed E-state index contributed by atoms with van der Waals surface area (Å²) in [6.45, 7) is 6.76. The van der Waals surface area contributed by atoms with Crippen LogP contribution in [0.2, 0.25) is 0 Å². The van der Waals surface area contributed by atoms with Gasteiger partial charge in [-0.05, 0) is 19.8 Å². The van der Waals surface area contributed by atoms with Crippen LogP contribution in [0.1, 0.15) is 226 Å². The van der Waals surface area contributed by atoms with Crippen LogP contribution in [0.15, 0.2) is 0 Å². The monoisotopic (exact) mass is 819 g/mol. The second-order valence-corrected chi connectivity index (χ2v) is 18.9. The number of rotatable bonds is 44. The lowest BCUT2D eigenvalue weighted by atomic mass is 10.0. The maximum absolute atomic E-state index is 13.3. The highest BCUT2D eigenvalue weighted by molar-refractivity contribution is 7.48. The Hall–Kier alpha value is -0.990. The quantitative estimate of drug-likeness (QED) is 0.0259. The van der Waals surface area contributed by atoms with E-state index in [-0.39, 0.29) is 44.8 Å². The van der Waals surface area contributed by atoms with Crippen LogP contribution in [0.4, 0.5) is 0 Å². The minimum Gasteiger partial charge on any atom is -0.462 e. The van der Waals surface area contributed by atoms with E-state index in [0.717, 1.165) is 38.5 Å². The van der Waals surface area contributed by atoms with Crippen molar-refractivity contribution >= 4 is 19.8 Å². The first-order chi connectivity index (χ1) is 27.0. The molecule has 0 heterocycles. The van der Waals surface area contributed by atoms with Gasteiger partial charge in [0.2, 0.25) is 0 Å². The van der Waals surface area contributed by atoms with Crippen LogP contribution in [0, 0.1) is 0 Å². The van der Waals surface area contributed by atoms with E-state index >= 15 is 0 Å². The van der Waals surface area contributed by atoms with Gasteiger partial charge in [0.1, 0.15) is 19.8 Å². The number of likely N-dealkylation sites (N-methyl/N-ethyl adjacent to an activating group) is 1. The second kappa shape index (κ2) is 39.5. The molecule has 0 radical (unpaired) electrons. The fraction of sp³-hybridized carbons (Fsp3) is 0.957. The molecule has 0 amide bonds. The number of ether oxygens (including phenoxy) is 2. The SMILES string of the molecule is CCCCCCCCCCCCCCCCCC(=O)OC[C@H](COP(=O)(OCC)OCC[N+](C)(C)C)OC(=O)CCCCCCCCCCCCCCCCC. The number of esters is 2. The van der Waals surface area contributed by atoms with Crippen molar-refractivity contribution in [1.82, 2.24) is 0 Å². The highest BCUT2D eigenvalue weighted by Crippen LogP contribution is 2.49. The average molecular weight is 819 g/mol. The van der Waals surface area contributed by atoms with Gasteiger partial charge in [-0.25, -0.2) is 4.57 Å². The van der Waals surface area contributed by atoms with Gasteiger partial charge in [-0.1, -0.05) is 194 Å². The van der Waals surface area contributed by atoms with Crippen molar-refractivity contribution in [2.24, 2.45) is 0 Å². The topological polar surface area (TPSA) is 97.4 Å². The van der Waals surface area contributed by atoms with Gasteiger partial charge in [0, 0.05) is 12.8 Å². The molecule has 9 nitrogen and oxygen atoms in total. The normalized spacial score (nSPS) is 13.5. The highest BCUT2D eigenvalue weighted by Gasteiger charge is 2.30. The van der Waals surface area contributed by atoms with Gasteiger partial charge in [0.15, 0.2) is 6.10 Å². The van der Waals surface area contributed by atoms with Gasteiger partial charge in [-0.15, -0.1) is 0 Å². The third-order valence-electron chi connectivity index (χ3n) is 10.4. The molecule has 0 aliphatic rings. The first kappa shape index (κ1) is 55.0. The van der Waals surface area contributed by atoms with Crippen molar-refractivity contribution in [2.45, 2.75) is 232 Å². The van der Waals surface area contributed by atoms with Crippen LogP contribution in [-0.2, 0) is 37.2 Å². The molecular weight excluding hydrogens is 725 g/mol. The Kier molecular flexibility index (Phi) is 38.8. The molecule has 0 N–H and O–H groups in total. The predicted molar refractivity (Wildman–Crippen MR) is 234 cm³/mol. The van der Waals surface area contributed by atoms with Crippen molar-refractivity contribution in [1.29, 1.82) is 0 Å². The summed E-state index contributed by atoms with van der Waals surface area (Å²) in [5.74, 6) is -0.695. The number of unbranched alkanes of at least 4 members (excludes halogenated alkanes) is 28. The Morgan fingerprint density at radius 2 is 0.821 bits per heavy atom. The Morgan fingerprint density at radius 1 is 0.464 bits per heavy atom. The summed E-state index contributed by atoms with van der Waals surface area (Å²) in [5.41, 5.74) is 0. The van der Waals surface area contributed by atoms with Crippen molar-refractivity contribution in [3.8, 4) is 0 Å². The molecule has 2 atom stereocenters. The molecule has 0 aromatic carbocycles. The summed E-state index contributed by atoms with van der Waals surface area (Å²) >= 11 is 0. The van der Waals surface area contributed by atoms with E-state index in [1.165, 1.54) is 154 Å². The van der Waals surface area contributed by atoms with E-state index in [4.69, 9.17) is 23.0 Å². The first-order valence-corrected chi connectivity index (χ1v) is 25.2. The number of phosphoric acid groups is 1. The van der Waals surface area contributed by atoms with Crippen LogP contribution < -0.4 is 0 Å². The Balaban J connectivity index is 4.48. The minimum absolute atomic E-state index is 0.138. The van der Waals surface area contributed by atoms with Gasteiger partial charge < -0.3 is 14.0 Å². The second-order valence-electron chi connectivity index (χ2n) is 17.2. The highest BCUT2D eigenvalue weighted by atomic mass is 31.2. The molecule has 0 saturated heterocycles. The van der Waals surface area contributed by atoms with E-state index in [1.807, 2.05) is 21.1 Å². The number of phosphoric ester groups is 1. The van der Waals surface area contributed by atoms with E-state index in [1.54, 1.807) is 6.92 Å². The van der Waals surface area contributed by atoms with Gasteiger partial charge in [-0.3, -0.25) is 23.2 Å². The molecule has 10 heteroatoms. The number of quaternary nitrogens is 1. The summed E-state index contributed by atoms with van der Waals surface area (Å²) in [5, 5.41) is 0. The lowest BCUT2D eigenvalue weighted by Crippen LogP contribution is -2.37. The lowest BCUT2D eigenvalue weighted by Gasteiger charge is -2.25. The molecule has 0 aromatic heterocycles. The summed E-state index contributed by atoms with van der Waals surface area (Å²) in [6, 6.07) is 0. The number of carbonyl (C=O) groups excluding carboxylic acids is 2. The first-order valence-electron chi connectivity index (χ1n) is 23.7.